The van der Waals surface area contributed by atoms with Gasteiger partial charge in [-0.1, -0.05) is 65.2 Å². The van der Waals surface area contributed by atoms with Crippen LogP contribution in [0.2, 0.25) is 0 Å². The number of unbranched alkanes of at least 4 members (excludes halogenated alkanes) is 7. The summed E-state index contributed by atoms with van der Waals surface area (Å²) in [5.41, 5.74) is 0. The first-order valence-electron chi connectivity index (χ1n) is 9.79. The molecule has 0 aliphatic heterocycles. The van der Waals surface area contributed by atoms with Gasteiger partial charge in [-0.25, -0.2) is 0 Å². The van der Waals surface area contributed by atoms with Gasteiger partial charge in [0.1, 0.15) is 0 Å². The lowest BCUT2D eigenvalue weighted by Crippen LogP contribution is -2.18. The summed E-state index contributed by atoms with van der Waals surface area (Å²) in [5, 5.41) is 7.07. The Morgan fingerprint density at radius 2 is 1.38 bits per heavy atom. The molecule has 0 saturated heterocycles. The quantitative estimate of drug-likeness (QED) is 0.402. The van der Waals surface area contributed by atoms with Crippen molar-refractivity contribution >= 4 is 0 Å². The molecule has 1 saturated carbocycles. The van der Waals surface area contributed by atoms with Crippen molar-refractivity contribution < 1.29 is 0 Å². The van der Waals surface area contributed by atoms with Crippen LogP contribution in [0.1, 0.15) is 84.5 Å². The molecule has 0 aromatic rings. The molecule has 0 amide bonds. The maximum atomic E-state index is 3.67. The van der Waals surface area contributed by atoms with Gasteiger partial charge in [-0.15, -0.1) is 0 Å². The molecule has 21 heavy (non-hydrogen) atoms. The van der Waals surface area contributed by atoms with E-state index in [-0.39, 0.29) is 0 Å². The van der Waals surface area contributed by atoms with Gasteiger partial charge in [0.25, 0.3) is 0 Å². The van der Waals surface area contributed by atoms with Gasteiger partial charge in [0, 0.05) is 0 Å². The SMILES string of the molecule is CCCCCCCNCC1CC1CCCCCCNCC. The van der Waals surface area contributed by atoms with Crippen molar-refractivity contribution in [3.8, 4) is 0 Å². The van der Waals surface area contributed by atoms with E-state index < -0.39 is 0 Å². The molecule has 0 spiro atoms. The second-order valence-corrected chi connectivity index (χ2v) is 6.93. The highest BCUT2D eigenvalue weighted by Gasteiger charge is 2.35. The molecule has 1 aliphatic carbocycles. The van der Waals surface area contributed by atoms with Crippen LogP contribution in [-0.4, -0.2) is 26.2 Å². The van der Waals surface area contributed by atoms with Gasteiger partial charge in [0.05, 0.1) is 0 Å². The fraction of sp³-hybridized carbons (Fsp3) is 1.00. The maximum absolute atomic E-state index is 3.67. The average Bonchev–Trinajstić information content (AvgIpc) is 3.24. The van der Waals surface area contributed by atoms with Crippen molar-refractivity contribution in [3.63, 3.8) is 0 Å². The second-order valence-electron chi connectivity index (χ2n) is 6.93. The minimum absolute atomic E-state index is 1.02. The minimum Gasteiger partial charge on any atom is -0.317 e. The lowest BCUT2D eigenvalue weighted by molar-refractivity contribution is 0.521. The van der Waals surface area contributed by atoms with E-state index in [1.807, 2.05) is 0 Å². The molecule has 0 bridgehead atoms. The van der Waals surface area contributed by atoms with Crippen molar-refractivity contribution in [1.82, 2.24) is 10.6 Å². The third-order valence-electron chi connectivity index (χ3n) is 4.86. The Morgan fingerprint density at radius 3 is 2.10 bits per heavy atom. The van der Waals surface area contributed by atoms with Gasteiger partial charge in [-0.2, -0.15) is 0 Å². The molecule has 0 heterocycles. The third-order valence-corrected chi connectivity index (χ3v) is 4.86. The normalized spacial score (nSPS) is 20.9. The molecule has 2 N–H and O–H groups in total. The van der Waals surface area contributed by atoms with Crippen molar-refractivity contribution in [3.05, 3.63) is 0 Å². The summed E-state index contributed by atoms with van der Waals surface area (Å²) in [7, 11) is 0. The molecule has 2 nitrogen and oxygen atoms in total. The van der Waals surface area contributed by atoms with Gasteiger partial charge in [0.2, 0.25) is 0 Å². The summed E-state index contributed by atoms with van der Waals surface area (Å²) in [5.74, 6) is 2.08. The lowest BCUT2D eigenvalue weighted by atomic mass is 10.1. The zero-order chi connectivity index (χ0) is 15.2. The number of nitrogens with one attached hydrogen (secondary N) is 2. The number of hydrogen-bond donors (Lipinski definition) is 2. The average molecular weight is 297 g/mol. The highest BCUT2D eigenvalue weighted by molar-refractivity contribution is 4.87. The van der Waals surface area contributed by atoms with E-state index in [4.69, 9.17) is 0 Å². The molecule has 126 valence electrons. The highest BCUT2D eigenvalue weighted by atomic mass is 14.9. The van der Waals surface area contributed by atoms with E-state index in [0.29, 0.717) is 0 Å². The molecule has 1 fully saturated rings. The predicted octanol–water partition coefficient (Wildman–Crippen LogP) is 4.74. The van der Waals surface area contributed by atoms with Crippen LogP contribution in [0, 0.1) is 11.8 Å². The van der Waals surface area contributed by atoms with Crippen molar-refractivity contribution in [1.29, 1.82) is 0 Å². The Balaban J connectivity index is 1.74. The van der Waals surface area contributed by atoms with Crippen LogP contribution < -0.4 is 10.6 Å². The van der Waals surface area contributed by atoms with E-state index >= 15 is 0 Å². The molecule has 1 rings (SSSR count). The fourth-order valence-electron chi connectivity index (χ4n) is 3.24. The Hall–Kier alpha value is -0.0800. The third kappa shape index (κ3) is 11.2. The molecule has 0 radical (unpaired) electrons. The van der Waals surface area contributed by atoms with Gasteiger partial charge in [0.15, 0.2) is 0 Å². The molecule has 0 aromatic carbocycles. The number of hydrogen-bond acceptors (Lipinski definition) is 2. The molecule has 2 heteroatoms. The summed E-state index contributed by atoms with van der Waals surface area (Å²) in [6.45, 7) is 9.34. The van der Waals surface area contributed by atoms with Crippen LogP contribution >= 0.6 is 0 Å². The molecular formula is C19H40N2. The van der Waals surface area contributed by atoms with Crippen molar-refractivity contribution in [2.75, 3.05) is 26.2 Å². The largest absolute Gasteiger partial charge is 0.317 e. The summed E-state index contributed by atoms with van der Waals surface area (Å²) in [6, 6.07) is 0. The Morgan fingerprint density at radius 1 is 0.714 bits per heavy atom. The predicted molar refractivity (Wildman–Crippen MR) is 94.9 cm³/mol. The minimum atomic E-state index is 1.02. The van der Waals surface area contributed by atoms with Crippen LogP contribution in [-0.2, 0) is 0 Å². The van der Waals surface area contributed by atoms with E-state index in [9.17, 15) is 0 Å². The van der Waals surface area contributed by atoms with Crippen LogP contribution in [0.25, 0.3) is 0 Å². The van der Waals surface area contributed by atoms with E-state index in [1.165, 1.54) is 90.3 Å². The smallest absolute Gasteiger partial charge is 0.00178 e. The van der Waals surface area contributed by atoms with E-state index in [1.54, 1.807) is 0 Å². The fourth-order valence-corrected chi connectivity index (χ4v) is 3.24. The van der Waals surface area contributed by atoms with Gasteiger partial charge < -0.3 is 10.6 Å². The summed E-state index contributed by atoms with van der Waals surface area (Å²) in [4.78, 5) is 0. The first-order chi connectivity index (χ1) is 10.4. The highest BCUT2D eigenvalue weighted by Crippen LogP contribution is 2.41. The molecule has 0 aromatic heterocycles. The summed E-state index contributed by atoms with van der Waals surface area (Å²) < 4.78 is 0. The van der Waals surface area contributed by atoms with Crippen LogP contribution in [0.15, 0.2) is 0 Å². The van der Waals surface area contributed by atoms with E-state index in [0.717, 1.165) is 18.4 Å². The zero-order valence-corrected chi connectivity index (χ0v) is 14.8. The monoisotopic (exact) mass is 296 g/mol. The summed E-state index contributed by atoms with van der Waals surface area (Å²) >= 11 is 0. The van der Waals surface area contributed by atoms with E-state index in [2.05, 4.69) is 24.5 Å². The van der Waals surface area contributed by atoms with Gasteiger partial charge in [-0.3, -0.25) is 0 Å². The van der Waals surface area contributed by atoms with Gasteiger partial charge >= 0.3 is 0 Å². The summed E-state index contributed by atoms with van der Waals surface area (Å²) in [6.07, 6.45) is 15.7. The lowest BCUT2D eigenvalue weighted by Gasteiger charge is -2.05. The van der Waals surface area contributed by atoms with Crippen molar-refractivity contribution in [2.24, 2.45) is 11.8 Å². The Bertz CT molecular complexity index is 196. The van der Waals surface area contributed by atoms with Crippen LogP contribution in [0.4, 0.5) is 0 Å². The van der Waals surface area contributed by atoms with Gasteiger partial charge in [-0.05, 0) is 57.3 Å². The van der Waals surface area contributed by atoms with Crippen LogP contribution in [0.5, 0.6) is 0 Å². The van der Waals surface area contributed by atoms with Crippen molar-refractivity contribution in [2.45, 2.75) is 84.5 Å². The second kappa shape index (κ2) is 13.6. The zero-order valence-electron chi connectivity index (χ0n) is 14.8. The molecule has 1 aliphatic rings. The Labute approximate surface area is 133 Å². The molecule has 2 atom stereocenters. The maximum Gasteiger partial charge on any atom is -0.00178 e. The van der Waals surface area contributed by atoms with Crippen LogP contribution in [0.3, 0.4) is 0 Å². The topological polar surface area (TPSA) is 24.1 Å². The number of rotatable bonds is 16. The molecule has 2 unspecified atom stereocenters. The Kier molecular flexibility index (Phi) is 12.3. The first kappa shape index (κ1) is 19.0. The molecular weight excluding hydrogens is 256 g/mol. The standard InChI is InChI=1S/C19H40N2/c1-3-5-6-8-12-15-21-17-19-16-18(19)13-10-7-9-11-14-20-4-2/h18-21H,3-17H2,1-2H3. The first-order valence-corrected chi connectivity index (χ1v) is 9.79.